The van der Waals surface area contributed by atoms with Gasteiger partial charge in [0.2, 0.25) is 5.91 Å². The van der Waals surface area contributed by atoms with E-state index in [-0.39, 0.29) is 17.4 Å². The maximum absolute atomic E-state index is 12.4. The average Bonchev–Trinajstić information content (AvgIpc) is 3.11. The van der Waals surface area contributed by atoms with Gasteiger partial charge in [0, 0.05) is 36.3 Å². The largest absolute Gasteiger partial charge is 0.457 e. The fourth-order valence-electron chi connectivity index (χ4n) is 3.16. The lowest BCUT2D eigenvalue weighted by Crippen LogP contribution is -2.20. The summed E-state index contributed by atoms with van der Waals surface area (Å²) < 4.78 is 7.51. The predicted octanol–water partition coefficient (Wildman–Crippen LogP) is 6.14. The highest BCUT2D eigenvalue weighted by atomic mass is 16.5. The van der Waals surface area contributed by atoms with Crippen molar-refractivity contribution in [3.8, 4) is 11.5 Å². The molecule has 1 aromatic heterocycles. The first-order valence-electron chi connectivity index (χ1n) is 11.3. The Kier molecular flexibility index (Phi) is 7.61. The number of urea groups is 1. The van der Waals surface area contributed by atoms with Crippen LogP contribution in [0.3, 0.4) is 0 Å². The highest BCUT2D eigenvalue weighted by Gasteiger charge is 2.19. The summed E-state index contributed by atoms with van der Waals surface area (Å²) in [5.74, 6) is 2.19. The van der Waals surface area contributed by atoms with Crippen LogP contribution in [0.15, 0.2) is 54.6 Å². The molecule has 3 rings (SSSR count). The summed E-state index contributed by atoms with van der Waals surface area (Å²) in [6, 6.07) is 15.8. The number of hydrogen-bond acceptors (Lipinski definition) is 4. The van der Waals surface area contributed by atoms with Crippen molar-refractivity contribution in [2.45, 2.75) is 46.5 Å². The van der Waals surface area contributed by atoms with Crippen molar-refractivity contribution in [3.05, 3.63) is 60.3 Å². The van der Waals surface area contributed by atoms with E-state index in [1.165, 1.54) is 0 Å². The van der Waals surface area contributed by atoms with Crippen LogP contribution in [0.25, 0.3) is 0 Å². The topological polar surface area (TPSA) is 97.3 Å². The standard InChI is InChI=1S/C26H33N5O3/c1-17(2)15-24(32)27-18-7-11-20(12-8-18)34-21-13-9-19(10-14-21)28-25(33)29-23-16-22(26(3,4)5)30-31(23)6/h7-14,16-17H,15H2,1-6H3,(H,27,32)(H2,28,29,33). The molecule has 0 aliphatic rings. The van der Waals surface area contributed by atoms with E-state index in [1.54, 1.807) is 60.3 Å². The molecule has 2 aromatic carbocycles. The third kappa shape index (κ3) is 7.10. The fourth-order valence-corrected chi connectivity index (χ4v) is 3.16. The maximum Gasteiger partial charge on any atom is 0.324 e. The monoisotopic (exact) mass is 463 g/mol. The van der Waals surface area contributed by atoms with Crippen LogP contribution in [0, 0.1) is 5.92 Å². The molecule has 0 aliphatic carbocycles. The number of carbonyl (C=O) groups is 2. The summed E-state index contributed by atoms with van der Waals surface area (Å²) in [5.41, 5.74) is 2.15. The highest BCUT2D eigenvalue weighted by Crippen LogP contribution is 2.26. The molecule has 3 N–H and O–H groups in total. The molecule has 0 aliphatic heterocycles. The van der Waals surface area contributed by atoms with Gasteiger partial charge in [0.05, 0.1) is 5.69 Å². The fraction of sp³-hybridized carbons (Fsp3) is 0.346. The van der Waals surface area contributed by atoms with Crippen LogP contribution >= 0.6 is 0 Å². The molecule has 180 valence electrons. The molecular formula is C26H33N5O3. The Morgan fingerprint density at radius 1 is 0.912 bits per heavy atom. The minimum atomic E-state index is -0.354. The molecule has 3 aromatic rings. The summed E-state index contributed by atoms with van der Waals surface area (Å²) in [5, 5.41) is 13.0. The normalized spacial score (nSPS) is 11.3. The van der Waals surface area contributed by atoms with E-state index in [9.17, 15) is 9.59 Å². The predicted molar refractivity (Wildman–Crippen MR) is 136 cm³/mol. The van der Waals surface area contributed by atoms with E-state index in [0.29, 0.717) is 35.3 Å². The van der Waals surface area contributed by atoms with Crippen molar-refractivity contribution in [2.75, 3.05) is 16.0 Å². The Balaban J connectivity index is 1.53. The number of aromatic nitrogens is 2. The van der Waals surface area contributed by atoms with Crippen LogP contribution in [0.1, 0.15) is 46.7 Å². The summed E-state index contributed by atoms with van der Waals surface area (Å²) >= 11 is 0. The molecule has 8 heteroatoms. The Hall–Kier alpha value is -3.81. The van der Waals surface area contributed by atoms with Crippen molar-refractivity contribution < 1.29 is 14.3 Å². The lowest BCUT2D eigenvalue weighted by Gasteiger charge is -2.13. The van der Waals surface area contributed by atoms with Gasteiger partial charge in [-0.1, -0.05) is 34.6 Å². The van der Waals surface area contributed by atoms with E-state index in [4.69, 9.17) is 4.74 Å². The lowest BCUT2D eigenvalue weighted by atomic mass is 9.92. The number of benzene rings is 2. The molecule has 0 unspecified atom stereocenters. The second-order valence-electron chi connectivity index (χ2n) is 9.66. The van der Waals surface area contributed by atoms with E-state index in [0.717, 1.165) is 11.4 Å². The van der Waals surface area contributed by atoms with Gasteiger partial charge in [-0.25, -0.2) is 4.79 Å². The Bertz CT molecular complexity index is 1130. The smallest absolute Gasteiger partial charge is 0.324 e. The van der Waals surface area contributed by atoms with Crippen molar-refractivity contribution in [1.82, 2.24) is 9.78 Å². The van der Waals surface area contributed by atoms with Gasteiger partial charge in [0.25, 0.3) is 0 Å². The second-order valence-corrected chi connectivity index (χ2v) is 9.66. The molecule has 0 fully saturated rings. The molecule has 34 heavy (non-hydrogen) atoms. The SMILES string of the molecule is CC(C)CC(=O)Nc1ccc(Oc2ccc(NC(=O)Nc3cc(C(C)(C)C)nn3C)cc2)cc1. The lowest BCUT2D eigenvalue weighted by molar-refractivity contribution is -0.116. The molecule has 0 radical (unpaired) electrons. The Morgan fingerprint density at radius 2 is 1.44 bits per heavy atom. The second kappa shape index (κ2) is 10.4. The molecule has 0 bridgehead atoms. The molecule has 0 saturated heterocycles. The van der Waals surface area contributed by atoms with Crippen molar-refractivity contribution in [3.63, 3.8) is 0 Å². The van der Waals surface area contributed by atoms with Gasteiger partial charge in [-0.2, -0.15) is 5.10 Å². The molecule has 1 heterocycles. The first-order valence-corrected chi connectivity index (χ1v) is 11.3. The molecule has 0 saturated carbocycles. The molecular weight excluding hydrogens is 430 g/mol. The Morgan fingerprint density at radius 3 is 1.91 bits per heavy atom. The van der Waals surface area contributed by atoms with Crippen LogP contribution in [-0.2, 0) is 17.3 Å². The number of amides is 3. The number of nitrogens with zero attached hydrogens (tertiary/aromatic N) is 2. The van der Waals surface area contributed by atoms with E-state index in [2.05, 4.69) is 41.8 Å². The number of carbonyl (C=O) groups excluding carboxylic acids is 2. The number of rotatable bonds is 7. The third-order valence-corrected chi connectivity index (χ3v) is 4.97. The molecule has 0 spiro atoms. The average molecular weight is 464 g/mol. The van der Waals surface area contributed by atoms with Gasteiger partial charge in [-0.15, -0.1) is 0 Å². The van der Waals surface area contributed by atoms with Gasteiger partial charge >= 0.3 is 6.03 Å². The van der Waals surface area contributed by atoms with Crippen LogP contribution < -0.4 is 20.7 Å². The first-order chi connectivity index (χ1) is 16.0. The number of ether oxygens (including phenoxy) is 1. The maximum atomic E-state index is 12.4. The van der Waals surface area contributed by atoms with E-state index >= 15 is 0 Å². The minimum absolute atomic E-state index is 0.00571. The quantitative estimate of drug-likeness (QED) is 0.392. The zero-order valence-electron chi connectivity index (χ0n) is 20.6. The van der Waals surface area contributed by atoms with Gasteiger partial charge in [-0.3, -0.25) is 14.8 Å². The van der Waals surface area contributed by atoms with Crippen molar-refractivity contribution >= 4 is 29.1 Å². The molecule has 3 amide bonds. The third-order valence-electron chi connectivity index (χ3n) is 4.97. The van der Waals surface area contributed by atoms with Gasteiger partial charge < -0.3 is 15.4 Å². The van der Waals surface area contributed by atoms with Crippen molar-refractivity contribution in [2.24, 2.45) is 13.0 Å². The Labute approximate surface area is 200 Å². The van der Waals surface area contributed by atoms with Gasteiger partial charge in [0.15, 0.2) is 0 Å². The zero-order chi connectivity index (χ0) is 24.9. The molecule has 0 atom stereocenters. The van der Waals surface area contributed by atoms with Crippen LogP contribution in [0.4, 0.5) is 22.0 Å². The van der Waals surface area contributed by atoms with E-state index < -0.39 is 0 Å². The van der Waals surface area contributed by atoms with Gasteiger partial charge in [0.1, 0.15) is 17.3 Å². The van der Waals surface area contributed by atoms with Crippen molar-refractivity contribution in [1.29, 1.82) is 0 Å². The summed E-state index contributed by atoms with van der Waals surface area (Å²) in [6.07, 6.45) is 0.483. The van der Waals surface area contributed by atoms with Crippen LogP contribution in [-0.4, -0.2) is 21.7 Å². The van der Waals surface area contributed by atoms with Gasteiger partial charge in [-0.05, 0) is 54.4 Å². The number of hydrogen-bond donors (Lipinski definition) is 3. The number of aryl methyl sites for hydroxylation is 1. The summed E-state index contributed by atoms with van der Waals surface area (Å²) in [7, 11) is 1.79. The molecule has 8 nitrogen and oxygen atoms in total. The summed E-state index contributed by atoms with van der Waals surface area (Å²) in [4.78, 5) is 24.3. The minimum Gasteiger partial charge on any atom is -0.457 e. The summed E-state index contributed by atoms with van der Waals surface area (Å²) in [6.45, 7) is 10.2. The van der Waals surface area contributed by atoms with E-state index in [1.807, 2.05) is 19.9 Å². The van der Waals surface area contributed by atoms with Crippen LogP contribution in [0.5, 0.6) is 11.5 Å². The zero-order valence-corrected chi connectivity index (χ0v) is 20.6. The first kappa shape index (κ1) is 24.8. The highest BCUT2D eigenvalue weighted by molar-refractivity contribution is 5.99. The number of anilines is 3. The van der Waals surface area contributed by atoms with Crippen LogP contribution in [0.2, 0.25) is 0 Å². The number of nitrogens with one attached hydrogen (secondary N) is 3.